The van der Waals surface area contributed by atoms with Crippen LogP contribution in [-0.4, -0.2) is 34.2 Å². The van der Waals surface area contributed by atoms with Crippen LogP contribution < -0.4 is 0 Å². The third kappa shape index (κ3) is 2.60. The zero-order valence-electron chi connectivity index (χ0n) is 9.89. The summed E-state index contributed by atoms with van der Waals surface area (Å²) in [6.07, 6.45) is 5.44. The SMILES string of the molecule is Cc1ncccc1CN1CCCCC1CO. The van der Waals surface area contributed by atoms with E-state index in [2.05, 4.69) is 16.0 Å². The van der Waals surface area contributed by atoms with Crippen LogP contribution in [-0.2, 0) is 6.54 Å². The Morgan fingerprint density at radius 3 is 3.12 bits per heavy atom. The number of aryl methyl sites for hydroxylation is 1. The maximum atomic E-state index is 9.35. The smallest absolute Gasteiger partial charge is 0.0586 e. The maximum absolute atomic E-state index is 9.35. The first-order valence-corrected chi connectivity index (χ1v) is 6.06. The number of pyridine rings is 1. The van der Waals surface area contributed by atoms with Gasteiger partial charge in [-0.3, -0.25) is 9.88 Å². The van der Waals surface area contributed by atoms with Crippen molar-refractivity contribution in [3.63, 3.8) is 0 Å². The third-order valence-corrected chi connectivity index (χ3v) is 3.45. The number of aliphatic hydroxyl groups is 1. The summed E-state index contributed by atoms with van der Waals surface area (Å²) in [7, 11) is 0. The minimum atomic E-state index is 0.277. The second-order valence-corrected chi connectivity index (χ2v) is 4.55. The molecule has 1 aliphatic rings. The summed E-state index contributed by atoms with van der Waals surface area (Å²) in [5.41, 5.74) is 2.38. The van der Waals surface area contributed by atoms with E-state index in [-0.39, 0.29) is 6.61 Å². The Hall–Kier alpha value is -0.930. The molecule has 0 amide bonds. The number of hydrogen-bond acceptors (Lipinski definition) is 3. The molecule has 0 aliphatic carbocycles. The molecule has 1 unspecified atom stereocenters. The maximum Gasteiger partial charge on any atom is 0.0586 e. The van der Waals surface area contributed by atoms with Crippen LogP contribution >= 0.6 is 0 Å². The molecule has 1 N–H and O–H groups in total. The predicted molar refractivity (Wildman–Crippen MR) is 64.1 cm³/mol. The molecule has 0 spiro atoms. The van der Waals surface area contributed by atoms with Gasteiger partial charge in [0, 0.05) is 24.5 Å². The van der Waals surface area contributed by atoms with Crippen molar-refractivity contribution in [2.24, 2.45) is 0 Å². The Bertz CT molecular complexity index is 340. The van der Waals surface area contributed by atoms with Crippen LogP contribution in [0.15, 0.2) is 18.3 Å². The molecule has 1 saturated heterocycles. The molecule has 16 heavy (non-hydrogen) atoms. The number of piperidine rings is 1. The van der Waals surface area contributed by atoms with Crippen molar-refractivity contribution < 1.29 is 5.11 Å². The van der Waals surface area contributed by atoms with Crippen LogP contribution in [0.5, 0.6) is 0 Å². The molecule has 2 heterocycles. The van der Waals surface area contributed by atoms with Gasteiger partial charge >= 0.3 is 0 Å². The third-order valence-electron chi connectivity index (χ3n) is 3.45. The minimum absolute atomic E-state index is 0.277. The molecule has 0 saturated carbocycles. The van der Waals surface area contributed by atoms with Gasteiger partial charge < -0.3 is 5.11 Å². The summed E-state index contributed by atoms with van der Waals surface area (Å²) in [5.74, 6) is 0. The average Bonchev–Trinajstić information content (AvgIpc) is 2.33. The summed E-state index contributed by atoms with van der Waals surface area (Å²) in [4.78, 5) is 6.69. The van der Waals surface area contributed by atoms with E-state index >= 15 is 0 Å². The minimum Gasteiger partial charge on any atom is -0.395 e. The van der Waals surface area contributed by atoms with E-state index in [4.69, 9.17) is 0 Å². The number of hydrogen-bond donors (Lipinski definition) is 1. The van der Waals surface area contributed by atoms with E-state index in [1.54, 1.807) is 0 Å². The topological polar surface area (TPSA) is 36.4 Å². The lowest BCUT2D eigenvalue weighted by Crippen LogP contribution is -2.41. The molecular formula is C13H20N2O. The number of nitrogens with zero attached hydrogens (tertiary/aromatic N) is 2. The van der Waals surface area contributed by atoms with E-state index < -0.39 is 0 Å². The lowest BCUT2D eigenvalue weighted by molar-refractivity contribution is 0.0838. The van der Waals surface area contributed by atoms with Crippen LogP contribution in [0.2, 0.25) is 0 Å². The van der Waals surface area contributed by atoms with Crippen LogP contribution in [0.25, 0.3) is 0 Å². The van der Waals surface area contributed by atoms with Gasteiger partial charge in [0.15, 0.2) is 0 Å². The summed E-state index contributed by atoms with van der Waals surface area (Å²) >= 11 is 0. The quantitative estimate of drug-likeness (QED) is 0.843. The summed E-state index contributed by atoms with van der Waals surface area (Å²) < 4.78 is 0. The van der Waals surface area contributed by atoms with E-state index in [1.165, 1.54) is 18.4 Å². The molecule has 88 valence electrons. The molecule has 0 radical (unpaired) electrons. The van der Waals surface area contributed by atoms with Gasteiger partial charge in [-0.1, -0.05) is 12.5 Å². The van der Waals surface area contributed by atoms with Gasteiger partial charge in [-0.2, -0.15) is 0 Å². The van der Waals surface area contributed by atoms with Crippen molar-refractivity contribution >= 4 is 0 Å². The Morgan fingerprint density at radius 2 is 2.38 bits per heavy atom. The van der Waals surface area contributed by atoms with Crippen molar-refractivity contribution in [2.45, 2.75) is 38.8 Å². The summed E-state index contributed by atoms with van der Waals surface area (Å²) in [6.45, 7) is 4.34. The van der Waals surface area contributed by atoms with Crippen LogP contribution in [0.4, 0.5) is 0 Å². The van der Waals surface area contributed by atoms with E-state index in [9.17, 15) is 5.11 Å². The molecular weight excluding hydrogens is 200 g/mol. The van der Waals surface area contributed by atoms with Crippen molar-refractivity contribution in [1.82, 2.24) is 9.88 Å². The zero-order chi connectivity index (χ0) is 11.4. The Labute approximate surface area is 97.1 Å². The van der Waals surface area contributed by atoms with E-state index in [0.29, 0.717) is 6.04 Å². The molecule has 1 aromatic rings. The van der Waals surface area contributed by atoms with Crippen molar-refractivity contribution in [2.75, 3.05) is 13.2 Å². The molecule has 3 nitrogen and oxygen atoms in total. The fourth-order valence-electron chi connectivity index (χ4n) is 2.38. The van der Waals surface area contributed by atoms with Gasteiger partial charge in [0.05, 0.1) is 6.61 Å². The number of likely N-dealkylation sites (tertiary alicyclic amines) is 1. The van der Waals surface area contributed by atoms with Gasteiger partial charge in [-0.15, -0.1) is 0 Å². The molecule has 1 fully saturated rings. The second kappa shape index (κ2) is 5.41. The van der Waals surface area contributed by atoms with Gasteiger partial charge in [0.25, 0.3) is 0 Å². The Morgan fingerprint density at radius 1 is 1.50 bits per heavy atom. The highest BCUT2D eigenvalue weighted by Crippen LogP contribution is 2.19. The van der Waals surface area contributed by atoms with Crippen LogP contribution in [0, 0.1) is 6.92 Å². The number of aliphatic hydroxyl groups excluding tert-OH is 1. The largest absolute Gasteiger partial charge is 0.395 e. The van der Waals surface area contributed by atoms with Gasteiger partial charge in [0.2, 0.25) is 0 Å². The lowest BCUT2D eigenvalue weighted by atomic mass is 10.0. The van der Waals surface area contributed by atoms with Crippen LogP contribution in [0.1, 0.15) is 30.5 Å². The first kappa shape index (κ1) is 11.6. The fourth-order valence-corrected chi connectivity index (χ4v) is 2.38. The average molecular weight is 220 g/mol. The number of aromatic nitrogens is 1. The summed E-state index contributed by atoms with van der Waals surface area (Å²) in [6, 6.07) is 4.46. The standard InChI is InChI=1S/C13H20N2O/c1-11-12(5-4-7-14-11)9-15-8-3-2-6-13(15)10-16/h4-5,7,13,16H,2-3,6,8-10H2,1H3. The van der Waals surface area contributed by atoms with E-state index in [1.807, 2.05) is 19.2 Å². The highest BCUT2D eigenvalue weighted by Gasteiger charge is 2.21. The molecule has 2 rings (SSSR count). The van der Waals surface area contributed by atoms with Gasteiger partial charge in [-0.25, -0.2) is 0 Å². The highest BCUT2D eigenvalue weighted by atomic mass is 16.3. The molecule has 1 atom stereocenters. The van der Waals surface area contributed by atoms with Gasteiger partial charge in [0.1, 0.15) is 0 Å². The molecule has 0 bridgehead atoms. The lowest BCUT2D eigenvalue weighted by Gasteiger charge is -2.34. The van der Waals surface area contributed by atoms with E-state index in [0.717, 1.165) is 25.2 Å². The van der Waals surface area contributed by atoms with Crippen molar-refractivity contribution in [1.29, 1.82) is 0 Å². The molecule has 3 heteroatoms. The normalized spacial score (nSPS) is 22.2. The zero-order valence-corrected chi connectivity index (χ0v) is 9.89. The number of rotatable bonds is 3. The Kier molecular flexibility index (Phi) is 3.91. The predicted octanol–water partition coefficient (Wildman–Crippen LogP) is 1.74. The fraction of sp³-hybridized carbons (Fsp3) is 0.615. The first-order chi connectivity index (χ1) is 7.81. The summed E-state index contributed by atoms with van der Waals surface area (Å²) in [5, 5.41) is 9.35. The molecule has 1 aliphatic heterocycles. The monoisotopic (exact) mass is 220 g/mol. The molecule has 0 aromatic carbocycles. The van der Waals surface area contributed by atoms with Gasteiger partial charge in [-0.05, 0) is 37.9 Å². The van der Waals surface area contributed by atoms with Crippen molar-refractivity contribution in [3.05, 3.63) is 29.6 Å². The van der Waals surface area contributed by atoms with Crippen LogP contribution in [0.3, 0.4) is 0 Å². The second-order valence-electron chi connectivity index (χ2n) is 4.55. The first-order valence-electron chi connectivity index (χ1n) is 6.06. The molecule has 1 aromatic heterocycles. The highest BCUT2D eigenvalue weighted by molar-refractivity contribution is 5.18. The van der Waals surface area contributed by atoms with Crippen molar-refractivity contribution in [3.8, 4) is 0 Å². The Balaban J connectivity index is 2.05.